The number of epoxide rings is 1. The molecule has 2 saturated heterocycles. The standard InChI is InChI=1S/C28H38O13/c1-12-25(34)40-22-8-17(11-29)18(36-13(2)30)9-19(37-14(3)31)26(6)20(38-15(4)32)10-21-27(7,41-21)23(26)24(28(12,22)35)39-16(5)33/h8,12,18-24,29,35H,9-11H2,1-7H3/b17-8-/t12-,18+,19+,20-,21-,22-,23+,24+,26-,27-,28-/m0/s1. The number of aliphatic hydroxyl groups excluding tert-OH is 1. The van der Waals surface area contributed by atoms with Crippen molar-refractivity contribution < 1.29 is 62.6 Å². The first kappa shape index (κ1) is 30.9. The molecule has 2 heterocycles. The predicted octanol–water partition coefficient (Wildman–Crippen LogP) is 0.512. The summed E-state index contributed by atoms with van der Waals surface area (Å²) in [5.41, 5.74) is -4.72. The number of rotatable bonds is 5. The summed E-state index contributed by atoms with van der Waals surface area (Å²) in [5.74, 6) is -5.92. The molecule has 3 fully saturated rings. The molecular weight excluding hydrogens is 544 g/mol. The Hall–Kier alpha value is -3.03. The zero-order valence-electron chi connectivity index (χ0n) is 24.2. The Labute approximate surface area is 237 Å². The molecular formula is C28H38O13. The second-order valence-electron chi connectivity index (χ2n) is 11.8. The maximum absolute atomic E-state index is 13.0. The molecule has 1 saturated carbocycles. The Morgan fingerprint density at radius 1 is 0.927 bits per heavy atom. The van der Waals surface area contributed by atoms with Crippen molar-refractivity contribution in [1.29, 1.82) is 0 Å². The monoisotopic (exact) mass is 582 g/mol. The highest BCUT2D eigenvalue weighted by Crippen LogP contribution is 2.64. The number of hydrogen-bond donors (Lipinski definition) is 2. The van der Waals surface area contributed by atoms with Gasteiger partial charge in [0, 0.05) is 46.5 Å². The lowest BCUT2D eigenvalue weighted by molar-refractivity contribution is -0.235. The minimum absolute atomic E-state index is 0.0536. The fourth-order valence-corrected chi connectivity index (χ4v) is 7.20. The molecule has 0 unspecified atom stereocenters. The highest BCUT2D eigenvalue weighted by atomic mass is 16.6. The molecule has 4 aliphatic rings. The van der Waals surface area contributed by atoms with E-state index in [1.54, 1.807) is 13.8 Å². The molecule has 0 aromatic rings. The number of carbonyl (C=O) groups excluding carboxylic acids is 5. The molecule has 13 heteroatoms. The molecule has 0 spiro atoms. The Morgan fingerprint density at radius 2 is 1.46 bits per heavy atom. The molecule has 0 aromatic heterocycles. The van der Waals surface area contributed by atoms with Crippen LogP contribution in [-0.4, -0.2) is 94.5 Å². The Bertz CT molecular complexity index is 1160. The quantitative estimate of drug-likeness (QED) is 0.198. The van der Waals surface area contributed by atoms with Gasteiger partial charge in [0.1, 0.15) is 24.4 Å². The lowest BCUT2D eigenvalue weighted by atomic mass is 9.53. The Morgan fingerprint density at radius 3 is 1.98 bits per heavy atom. The summed E-state index contributed by atoms with van der Waals surface area (Å²) >= 11 is 0. The van der Waals surface area contributed by atoms with Crippen molar-refractivity contribution in [3.8, 4) is 0 Å². The smallest absolute Gasteiger partial charge is 0.312 e. The Kier molecular flexibility index (Phi) is 8.04. The highest BCUT2D eigenvalue weighted by Gasteiger charge is 2.78. The molecule has 0 radical (unpaired) electrons. The summed E-state index contributed by atoms with van der Waals surface area (Å²) in [4.78, 5) is 62.7. The number of carbonyl (C=O) groups is 5. The van der Waals surface area contributed by atoms with Gasteiger partial charge in [-0.25, -0.2) is 0 Å². The van der Waals surface area contributed by atoms with Gasteiger partial charge in [-0.1, -0.05) is 6.92 Å². The third-order valence-electron chi connectivity index (χ3n) is 9.19. The molecule has 11 atom stereocenters. The zero-order valence-corrected chi connectivity index (χ0v) is 24.2. The second-order valence-corrected chi connectivity index (χ2v) is 11.8. The van der Waals surface area contributed by atoms with E-state index in [9.17, 15) is 34.2 Å². The van der Waals surface area contributed by atoms with E-state index in [2.05, 4.69) is 0 Å². The van der Waals surface area contributed by atoms with Gasteiger partial charge in [-0.3, -0.25) is 24.0 Å². The zero-order chi connectivity index (χ0) is 30.7. The van der Waals surface area contributed by atoms with E-state index < -0.39 is 102 Å². The van der Waals surface area contributed by atoms with Crippen molar-refractivity contribution in [3.63, 3.8) is 0 Å². The highest BCUT2D eigenvalue weighted by molar-refractivity contribution is 5.78. The fourth-order valence-electron chi connectivity index (χ4n) is 7.20. The minimum Gasteiger partial charge on any atom is -0.462 e. The molecule has 2 N–H and O–H groups in total. The van der Waals surface area contributed by atoms with Crippen LogP contribution in [0.5, 0.6) is 0 Å². The number of hydrogen-bond acceptors (Lipinski definition) is 13. The van der Waals surface area contributed by atoms with Crippen molar-refractivity contribution in [2.75, 3.05) is 6.61 Å². The van der Waals surface area contributed by atoms with Crippen LogP contribution in [0, 0.1) is 17.3 Å². The number of fused-ring (bicyclic) bond motifs is 4. The summed E-state index contributed by atoms with van der Waals surface area (Å²) in [7, 11) is 0. The minimum atomic E-state index is -2.23. The Balaban J connectivity index is 2.08. The van der Waals surface area contributed by atoms with Gasteiger partial charge in [0.25, 0.3) is 0 Å². The first-order chi connectivity index (χ1) is 19.0. The molecule has 2 aliphatic carbocycles. The summed E-state index contributed by atoms with van der Waals surface area (Å²) < 4.78 is 34.8. The van der Waals surface area contributed by atoms with E-state index >= 15 is 0 Å². The molecule has 4 rings (SSSR count). The van der Waals surface area contributed by atoms with Crippen molar-refractivity contribution in [2.24, 2.45) is 17.3 Å². The maximum Gasteiger partial charge on any atom is 0.312 e. The van der Waals surface area contributed by atoms with Gasteiger partial charge < -0.3 is 38.6 Å². The third kappa shape index (κ3) is 5.12. The molecule has 13 nitrogen and oxygen atoms in total. The van der Waals surface area contributed by atoms with Crippen molar-refractivity contribution >= 4 is 29.8 Å². The van der Waals surface area contributed by atoms with Crippen molar-refractivity contribution in [3.05, 3.63) is 11.6 Å². The number of esters is 5. The van der Waals surface area contributed by atoms with Gasteiger partial charge in [0.2, 0.25) is 0 Å². The molecule has 228 valence electrons. The van der Waals surface area contributed by atoms with Crippen LogP contribution in [-0.2, 0) is 52.4 Å². The summed E-state index contributed by atoms with van der Waals surface area (Å²) in [6.07, 6.45) is -5.59. The van der Waals surface area contributed by atoms with Gasteiger partial charge in [-0.15, -0.1) is 0 Å². The van der Waals surface area contributed by atoms with E-state index in [4.69, 9.17) is 28.4 Å². The van der Waals surface area contributed by atoms with Crippen molar-refractivity contribution in [2.45, 2.75) is 109 Å². The van der Waals surface area contributed by atoms with E-state index in [0.717, 1.165) is 13.8 Å². The van der Waals surface area contributed by atoms with Gasteiger partial charge in [0.15, 0.2) is 11.7 Å². The van der Waals surface area contributed by atoms with Crippen LogP contribution in [0.15, 0.2) is 11.6 Å². The van der Waals surface area contributed by atoms with E-state index in [0.29, 0.717) is 0 Å². The maximum atomic E-state index is 13.0. The normalized spacial score (nSPS) is 44.4. The average molecular weight is 583 g/mol. The van der Waals surface area contributed by atoms with Gasteiger partial charge >= 0.3 is 29.8 Å². The topological polar surface area (TPSA) is 184 Å². The first-order valence-corrected chi connectivity index (χ1v) is 13.6. The number of ether oxygens (including phenoxy) is 6. The van der Waals surface area contributed by atoms with E-state index in [1.807, 2.05) is 0 Å². The van der Waals surface area contributed by atoms with Gasteiger partial charge in [-0.2, -0.15) is 0 Å². The summed E-state index contributed by atoms with van der Waals surface area (Å²) in [5, 5.41) is 22.8. The first-order valence-electron chi connectivity index (χ1n) is 13.6. The van der Waals surface area contributed by atoms with Gasteiger partial charge in [0.05, 0.1) is 29.6 Å². The largest absolute Gasteiger partial charge is 0.462 e. The molecule has 0 amide bonds. The van der Waals surface area contributed by atoms with Crippen LogP contribution in [0.3, 0.4) is 0 Å². The average Bonchev–Trinajstić information content (AvgIpc) is 3.45. The lowest BCUT2D eigenvalue weighted by Crippen LogP contribution is -2.69. The predicted molar refractivity (Wildman–Crippen MR) is 135 cm³/mol. The SMILES string of the molecule is CC(=O)O[C@H]1C[C@@H]2O[C@]2(C)[C@@H]2[C@@H](OC(C)=O)[C@@]3(O)[C@H](/C=C(/CO)[C@H](OC(C)=O)C[C@@H](OC(C)=O)[C@@]12C)OC(=O)[C@@H]3C. The van der Waals surface area contributed by atoms with Crippen LogP contribution in [0.4, 0.5) is 0 Å². The van der Waals surface area contributed by atoms with Crippen molar-refractivity contribution in [1.82, 2.24) is 0 Å². The molecule has 41 heavy (non-hydrogen) atoms. The van der Waals surface area contributed by atoms with E-state index in [1.165, 1.54) is 26.8 Å². The molecule has 0 bridgehead atoms. The van der Waals surface area contributed by atoms with E-state index in [-0.39, 0.29) is 18.4 Å². The van der Waals surface area contributed by atoms with Crippen LogP contribution >= 0.6 is 0 Å². The molecule has 2 aliphatic heterocycles. The van der Waals surface area contributed by atoms with Crippen LogP contribution in [0.25, 0.3) is 0 Å². The van der Waals surface area contributed by atoms with Crippen LogP contribution in [0.1, 0.15) is 61.3 Å². The molecule has 0 aromatic carbocycles. The lowest BCUT2D eigenvalue weighted by Gasteiger charge is -2.55. The van der Waals surface area contributed by atoms with Crippen LogP contribution in [0.2, 0.25) is 0 Å². The fraction of sp³-hybridized carbons (Fsp3) is 0.750. The summed E-state index contributed by atoms with van der Waals surface area (Å²) in [6.45, 7) is 8.85. The number of aliphatic hydroxyl groups is 2. The van der Waals surface area contributed by atoms with Gasteiger partial charge in [-0.05, 0) is 25.5 Å². The third-order valence-corrected chi connectivity index (χ3v) is 9.19. The summed E-state index contributed by atoms with van der Waals surface area (Å²) in [6, 6.07) is 0. The second kappa shape index (κ2) is 10.7. The van der Waals surface area contributed by atoms with Crippen LogP contribution < -0.4 is 0 Å².